The first-order valence-electron chi connectivity index (χ1n) is 6.24. The quantitative estimate of drug-likeness (QED) is 0.847. The zero-order valence-electron chi connectivity index (χ0n) is 10.0. The summed E-state index contributed by atoms with van der Waals surface area (Å²) in [6, 6.07) is 3.72. The topological polar surface area (TPSA) is 62.3 Å². The molecule has 2 heterocycles. The minimum Gasteiger partial charge on any atom is -0.347 e. The zero-order valence-corrected chi connectivity index (χ0v) is 10.0. The van der Waals surface area contributed by atoms with Crippen LogP contribution in [0.5, 0.6) is 0 Å². The lowest BCUT2D eigenvalue weighted by atomic mass is 10.2. The Hall–Kier alpha value is -1.91. The van der Waals surface area contributed by atoms with Gasteiger partial charge in [-0.2, -0.15) is 0 Å². The third-order valence-electron chi connectivity index (χ3n) is 3.42. The van der Waals surface area contributed by atoms with Crippen LogP contribution in [0.4, 0.5) is 0 Å². The van der Waals surface area contributed by atoms with Crippen molar-refractivity contribution in [1.29, 1.82) is 0 Å². The summed E-state index contributed by atoms with van der Waals surface area (Å²) < 4.78 is 0. The highest BCUT2D eigenvalue weighted by Crippen LogP contribution is 2.30. The van der Waals surface area contributed by atoms with E-state index in [1.165, 1.54) is 0 Å². The molecule has 0 spiro atoms. The van der Waals surface area contributed by atoms with Crippen LogP contribution in [0.15, 0.2) is 24.5 Å². The fourth-order valence-corrected chi connectivity index (χ4v) is 2.34. The standard InChI is InChI=1S/C13H15N3O2/c17-12-7-10(8-16(12)11-1-2-11)15-13(18)9-3-5-14-6-4-9/h3-6,10-11H,1-2,7-8H2,(H,15,18). The predicted octanol–water partition coefficient (Wildman–Crippen LogP) is 0.575. The number of hydrogen-bond donors (Lipinski definition) is 1. The molecule has 1 unspecified atom stereocenters. The minimum atomic E-state index is -0.132. The van der Waals surface area contributed by atoms with Gasteiger partial charge in [-0.1, -0.05) is 0 Å². The molecule has 1 aliphatic heterocycles. The molecule has 2 fully saturated rings. The molecule has 1 saturated heterocycles. The number of hydrogen-bond acceptors (Lipinski definition) is 3. The van der Waals surface area contributed by atoms with Gasteiger partial charge in [-0.05, 0) is 25.0 Å². The van der Waals surface area contributed by atoms with Gasteiger partial charge in [0.15, 0.2) is 0 Å². The van der Waals surface area contributed by atoms with Crippen molar-refractivity contribution in [2.45, 2.75) is 31.3 Å². The molecule has 1 saturated carbocycles. The summed E-state index contributed by atoms with van der Waals surface area (Å²) in [6.07, 6.45) is 5.82. The molecule has 5 nitrogen and oxygen atoms in total. The molecule has 1 atom stereocenters. The molecule has 2 aliphatic rings. The molecule has 3 rings (SSSR count). The molecule has 1 aliphatic carbocycles. The van der Waals surface area contributed by atoms with Gasteiger partial charge in [0, 0.05) is 37.0 Å². The fourth-order valence-electron chi connectivity index (χ4n) is 2.34. The van der Waals surface area contributed by atoms with E-state index in [0.29, 0.717) is 24.6 Å². The van der Waals surface area contributed by atoms with Gasteiger partial charge in [0.25, 0.3) is 5.91 Å². The lowest BCUT2D eigenvalue weighted by Crippen LogP contribution is -2.37. The molecule has 18 heavy (non-hydrogen) atoms. The highest BCUT2D eigenvalue weighted by atomic mass is 16.2. The van der Waals surface area contributed by atoms with Crippen molar-refractivity contribution in [2.75, 3.05) is 6.54 Å². The van der Waals surface area contributed by atoms with Crippen LogP contribution in [-0.2, 0) is 4.79 Å². The van der Waals surface area contributed by atoms with E-state index < -0.39 is 0 Å². The maximum absolute atomic E-state index is 11.9. The van der Waals surface area contributed by atoms with E-state index in [1.807, 2.05) is 4.90 Å². The van der Waals surface area contributed by atoms with Crippen molar-refractivity contribution >= 4 is 11.8 Å². The highest BCUT2D eigenvalue weighted by Gasteiger charge is 2.39. The number of nitrogens with one attached hydrogen (secondary N) is 1. The second-order valence-corrected chi connectivity index (χ2v) is 4.89. The normalized spacial score (nSPS) is 23.2. The van der Waals surface area contributed by atoms with Crippen molar-refractivity contribution < 1.29 is 9.59 Å². The third kappa shape index (κ3) is 2.20. The summed E-state index contributed by atoms with van der Waals surface area (Å²) in [5, 5.41) is 2.91. The monoisotopic (exact) mass is 245 g/mol. The number of rotatable bonds is 3. The van der Waals surface area contributed by atoms with E-state index in [2.05, 4.69) is 10.3 Å². The number of carbonyl (C=O) groups is 2. The van der Waals surface area contributed by atoms with Gasteiger partial charge in [-0.25, -0.2) is 0 Å². The van der Waals surface area contributed by atoms with Crippen molar-refractivity contribution in [1.82, 2.24) is 15.2 Å². The summed E-state index contributed by atoms with van der Waals surface area (Å²) >= 11 is 0. The Morgan fingerprint density at radius 1 is 1.33 bits per heavy atom. The minimum absolute atomic E-state index is 0.0567. The Bertz CT molecular complexity index is 470. The van der Waals surface area contributed by atoms with Crippen LogP contribution in [0.3, 0.4) is 0 Å². The zero-order chi connectivity index (χ0) is 12.5. The second kappa shape index (κ2) is 4.40. The van der Waals surface area contributed by atoms with Crippen LogP contribution in [0.1, 0.15) is 29.6 Å². The highest BCUT2D eigenvalue weighted by molar-refractivity contribution is 5.94. The Labute approximate surface area is 105 Å². The van der Waals surface area contributed by atoms with Crippen LogP contribution in [0.25, 0.3) is 0 Å². The summed E-state index contributed by atoms with van der Waals surface area (Å²) in [5.41, 5.74) is 0.585. The maximum Gasteiger partial charge on any atom is 0.251 e. The SMILES string of the molecule is O=C(NC1CC(=O)N(C2CC2)C1)c1ccncc1. The molecule has 94 valence electrons. The fraction of sp³-hybridized carbons (Fsp3) is 0.462. The number of carbonyl (C=O) groups excluding carboxylic acids is 2. The van der Waals surface area contributed by atoms with E-state index in [4.69, 9.17) is 0 Å². The number of aromatic nitrogens is 1. The summed E-state index contributed by atoms with van der Waals surface area (Å²) in [5.74, 6) is 0.0328. The summed E-state index contributed by atoms with van der Waals surface area (Å²) in [7, 11) is 0. The first kappa shape index (κ1) is 11.2. The molecule has 1 N–H and O–H groups in total. The third-order valence-corrected chi connectivity index (χ3v) is 3.42. The van der Waals surface area contributed by atoms with E-state index in [0.717, 1.165) is 12.8 Å². The first-order valence-corrected chi connectivity index (χ1v) is 6.24. The molecule has 0 bridgehead atoms. The van der Waals surface area contributed by atoms with Crippen molar-refractivity contribution in [3.8, 4) is 0 Å². The number of pyridine rings is 1. The van der Waals surface area contributed by atoms with Gasteiger partial charge in [0.2, 0.25) is 5.91 Å². The van der Waals surface area contributed by atoms with Gasteiger partial charge in [-0.3, -0.25) is 14.6 Å². The van der Waals surface area contributed by atoms with Crippen LogP contribution < -0.4 is 5.32 Å². The van der Waals surface area contributed by atoms with Gasteiger partial charge in [0.05, 0.1) is 6.04 Å². The average Bonchev–Trinajstić information content (AvgIpc) is 3.15. The molecule has 5 heteroatoms. The molecular weight excluding hydrogens is 230 g/mol. The Morgan fingerprint density at radius 3 is 2.72 bits per heavy atom. The van der Waals surface area contributed by atoms with E-state index >= 15 is 0 Å². The van der Waals surface area contributed by atoms with E-state index in [9.17, 15) is 9.59 Å². The predicted molar refractivity (Wildman–Crippen MR) is 64.8 cm³/mol. The average molecular weight is 245 g/mol. The molecule has 0 aromatic carbocycles. The Kier molecular flexibility index (Phi) is 2.74. The number of amides is 2. The summed E-state index contributed by atoms with van der Waals surface area (Å²) in [4.78, 5) is 29.5. The molecule has 1 aromatic heterocycles. The molecule has 2 amide bonds. The first-order chi connectivity index (χ1) is 8.74. The van der Waals surface area contributed by atoms with Crippen LogP contribution in [0.2, 0.25) is 0 Å². The van der Waals surface area contributed by atoms with Gasteiger partial charge < -0.3 is 10.2 Å². The number of nitrogens with zero attached hydrogens (tertiary/aromatic N) is 2. The molecule has 0 radical (unpaired) electrons. The summed E-state index contributed by atoms with van der Waals surface area (Å²) in [6.45, 7) is 0.653. The molecule has 1 aromatic rings. The Balaban J connectivity index is 1.61. The van der Waals surface area contributed by atoms with Crippen molar-refractivity contribution in [3.05, 3.63) is 30.1 Å². The van der Waals surface area contributed by atoms with Crippen LogP contribution in [0, 0.1) is 0 Å². The van der Waals surface area contributed by atoms with Crippen LogP contribution in [-0.4, -0.2) is 40.3 Å². The smallest absolute Gasteiger partial charge is 0.251 e. The second-order valence-electron chi connectivity index (χ2n) is 4.89. The number of likely N-dealkylation sites (tertiary alicyclic amines) is 1. The van der Waals surface area contributed by atoms with Crippen LogP contribution >= 0.6 is 0 Å². The lowest BCUT2D eigenvalue weighted by molar-refractivity contribution is -0.128. The lowest BCUT2D eigenvalue weighted by Gasteiger charge is -2.16. The molecular formula is C13H15N3O2. The van der Waals surface area contributed by atoms with E-state index in [1.54, 1.807) is 24.5 Å². The van der Waals surface area contributed by atoms with Gasteiger partial charge in [0.1, 0.15) is 0 Å². The van der Waals surface area contributed by atoms with Crippen molar-refractivity contribution in [3.63, 3.8) is 0 Å². The van der Waals surface area contributed by atoms with E-state index in [-0.39, 0.29) is 17.9 Å². The van der Waals surface area contributed by atoms with Gasteiger partial charge >= 0.3 is 0 Å². The largest absolute Gasteiger partial charge is 0.347 e. The maximum atomic E-state index is 11.9. The van der Waals surface area contributed by atoms with Crippen molar-refractivity contribution in [2.24, 2.45) is 0 Å². The Morgan fingerprint density at radius 2 is 2.06 bits per heavy atom. The van der Waals surface area contributed by atoms with Gasteiger partial charge in [-0.15, -0.1) is 0 Å².